The summed E-state index contributed by atoms with van der Waals surface area (Å²) in [4.78, 5) is 63.6. The van der Waals surface area contributed by atoms with Crippen LogP contribution in [-0.2, 0) is 14.1 Å². The minimum absolute atomic E-state index is 0.0296. The molecule has 13 nitrogen and oxygen atoms in total. The third-order valence-corrected chi connectivity index (χ3v) is 7.02. The highest BCUT2D eigenvalue weighted by Crippen LogP contribution is 2.35. The first kappa shape index (κ1) is 27.5. The lowest BCUT2D eigenvalue weighted by Crippen LogP contribution is -2.56. The van der Waals surface area contributed by atoms with Crippen LogP contribution in [0, 0.1) is 0 Å². The van der Waals surface area contributed by atoms with E-state index in [9.17, 15) is 28.7 Å². The number of ether oxygens (including phenoxy) is 2. The summed E-state index contributed by atoms with van der Waals surface area (Å²) in [5, 5.41) is 11.6. The van der Waals surface area contributed by atoms with Gasteiger partial charge in [0, 0.05) is 50.3 Å². The summed E-state index contributed by atoms with van der Waals surface area (Å²) in [6, 6.07) is 10.6. The van der Waals surface area contributed by atoms with Gasteiger partial charge in [0.05, 0.1) is 25.1 Å². The fourth-order valence-corrected chi connectivity index (χ4v) is 4.96. The first-order valence-corrected chi connectivity index (χ1v) is 13.8. The highest BCUT2D eigenvalue weighted by molar-refractivity contribution is 7.51. The molecule has 0 aliphatic carbocycles. The first-order valence-electron chi connectivity index (χ1n) is 12.0. The van der Waals surface area contributed by atoms with Gasteiger partial charge < -0.3 is 39.5 Å². The summed E-state index contributed by atoms with van der Waals surface area (Å²) in [5.41, 5.74) is 1.06. The van der Waals surface area contributed by atoms with Gasteiger partial charge in [0.2, 0.25) is 5.91 Å². The van der Waals surface area contributed by atoms with E-state index in [1.54, 1.807) is 6.07 Å². The van der Waals surface area contributed by atoms with Gasteiger partial charge in [0.25, 0.3) is 5.91 Å². The van der Waals surface area contributed by atoms with Crippen molar-refractivity contribution in [2.75, 3.05) is 45.6 Å². The number of hydrogen-bond donors (Lipinski definition) is 4. The summed E-state index contributed by atoms with van der Waals surface area (Å²) in [7, 11) is -4.72. The van der Waals surface area contributed by atoms with Crippen LogP contribution >= 0.6 is 7.60 Å². The van der Waals surface area contributed by atoms with Gasteiger partial charge in [-0.2, -0.15) is 0 Å². The third kappa shape index (κ3) is 7.29. The number of hydrogen-bond acceptors (Lipinski definition) is 7. The van der Waals surface area contributed by atoms with Crippen LogP contribution in [0.25, 0.3) is 11.3 Å². The van der Waals surface area contributed by atoms with Gasteiger partial charge in [-0.15, -0.1) is 0 Å². The summed E-state index contributed by atoms with van der Waals surface area (Å²) >= 11 is 0. The molecule has 4 N–H and O–H groups in total. The maximum Gasteiger partial charge on any atom is 0.407 e. The standard InChI is InChI=1S/C24H29N4O9P/c29-22(26-21(15-38(33,34)35)23(30)27-7-9-28(10-8-27)24(31)32)20-13-18(37-17-6-11-36-14-17)12-19(25-20)16-4-2-1-3-5-16/h1-5,12-13,17,21H,6-11,14-15H2,(H,26,29)(H,31,32)(H2,33,34,35)/t17?,21-/m0/s1. The molecule has 38 heavy (non-hydrogen) atoms. The van der Waals surface area contributed by atoms with Crippen LogP contribution in [0.4, 0.5) is 4.79 Å². The number of pyridine rings is 1. The fourth-order valence-electron chi connectivity index (χ4n) is 4.24. The smallest absolute Gasteiger partial charge is 0.407 e. The lowest BCUT2D eigenvalue weighted by atomic mass is 10.1. The van der Waals surface area contributed by atoms with Crippen molar-refractivity contribution >= 4 is 25.5 Å². The predicted octanol–water partition coefficient (Wildman–Crippen LogP) is 1.01. The van der Waals surface area contributed by atoms with E-state index in [1.165, 1.54) is 11.0 Å². The summed E-state index contributed by atoms with van der Waals surface area (Å²) < 4.78 is 23.2. The van der Waals surface area contributed by atoms with E-state index >= 15 is 0 Å². The number of piperazine rings is 1. The van der Waals surface area contributed by atoms with Crippen molar-refractivity contribution in [1.29, 1.82) is 0 Å². The highest BCUT2D eigenvalue weighted by Gasteiger charge is 2.34. The lowest BCUT2D eigenvalue weighted by molar-refractivity contribution is -0.134. The Morgan fingerprint density at radius 1 is 1.11 bits per heavy atom. The van der Waals surface area contributed by atoms with Crippen LogP contribution in [0.5, 0.6) is 5.75 Å². The SMILES string of the molecule is O=C(N[C@@H](CP(=O)(O)O)C(=O)N1CCN(C(=O)O)CC1)c1cc(OC2CCOC2)cc(-c2ccccc2)n1. The Hall–Kier alpha value is -3.51. The molecule has 0 bridgehead atoms. The zero-order chi connectivity index (χ0) is 27.3. The normalized spacial score (nSPS) is 18.6. The second-order valence-electron chi connectivity index (χ2n) is 9.01. The second kappa shape index (κ2) is 11.9. The van der Waals surface area contributed by atoms with Crippen molar-refractivity contribution in [2.24, 2.45) is 0 Å². The molecule has 0 spiro atoms. The molecule has 2 fully saturated rings. The molecule has 1 aromatic heterocycles. The van der Waals surface area contributed by atoms with Gasteiger partial charge >= 0.3 is 13.7 Å². The fraction of sp³-hybridized carbons (Fsp3) is 0.417. The predicted molar refractivity (Wildman–Crippen MR) is 134 cm³/mol. The molecule has 3 heterocycles. The maximum absolute atomic E-state index is 13.3. The Kier molecular flexibility index (Phi) is 8.62. The number of nitrogens with zero attached hydrogens (tertiary/aromatic N) is 3. The topological polar surface area (TPSA) is 179 Å². The van der Waals surface area contributed by atoms with Crippen LogP contribution in [0.1, 0.15) is 16.9 Å². The number of nitrogens with one attached hydrogen (secondary N) is 1. The van der Waals surface area contributed by atoms with Crippen LogP contribution in [0.3, 0.4) is 0 Å². The Balaban J connectivity index is 1.57. The zero-order valence-electron chi connectivity index (χ0n) is 20.4. The molecule has 2 aromatic rings. The molecule has 2 saturated heterocycles. The average molecular weight is 548 g/mol. The van der Waals surface area contributed by atoms with Gasteiger partial charge in [-0.3, -0.25) is 14.2 Å². The van der Waals surface area contributed by atoms with E-state index in [4.69, 9.17) is 14.6 Å². The van der Waals surface area contributed by atoms with E-state index in [-0.39, 0.29) is 38.0 Å². The molecular formula is C24H29N4O9P. The monoisotopic (exact) mass is 548 g/mol. The van der Waals surface area contributed by atoms with Crippen LogP contribution in [0.15, 0.2) is 42.5 Å². The quantitative estimate of drug-likeness (QED) is 0.348. The number of benzene rings is 1. The van der Waals surface area contributed by atoms with E-state index in [0.29, 0.717) is 36.6 Å². The van der Waals surface area contributed by atoms with Crippen molar-refractivity contribution in [3.8, 4) is 17.0 Å². The lowest BCUT2D eigenvalue weighted by Gasteiger charge is -2.35. The molecule has 204 valence electrons. The number of carboxylic acid groups (broad SMARTS) is 1. The van der Waals surface area contributed by atoms with Crippen molar-refractivity contribution in [3.63, 3.8) is 0 Å². The molecule has 14 heteroatoms. The van der Waals surface area contributed by atoms with E-state index < -0.39 is 37.7 Å². The van der Waals surface area contributed by atoms with Crippen molar-refractivity contribution in [3.05, 3.63) is 48.2 Å². The van der Waals surface area contributed by atoms with Gasteiger partial charge in [-0.05, 0) is 0 Å². The van der Waals surface area contributed by atoms with Crippen LogP contribution < -0.4 is 10.1 Å². The summed E-state index contributed by atoms with van der Waals surface area (Å²) in [6.45, 7) is 1.11. The number of carbonyl (C=O) groups excluding carboxylic acids is 2. The Labute approximate surface area is 218 Å². The zero-order valence-corrected chi connectivity index (χ0v) is 21.3. The van der Waals surface area contributed by atoms with Gasteiger partial charge in [0.15, 0.2) is 0 Å². The number of aromatic nitrogens is 1. The Morgan fingerprint density at radius 3 is 2.39 bits per heavy atom. The maximum atomic E-state index is 13.3. The van der Waals surface area contributed by atoms with Gasteiger partial charge in [-0.1, -0.05) is 30.3 Å². The highest BCUT2D eigenvalue weighted by atomic mass is 31.2. The molecule has 2 atom stereocenters. The minimum atomic E-state index is -4.72. The molecule has 4 rings (SSSR count). The molecule has 0 saturated carbocycles. The molecule has 0 radical (unpaired) electrons. The van der Waals surface area contributed by atoms with Crippen LogP contribution in [0.2, 0.25) is 0 Å². The molecule has 2 aliphatic heterocycles. The average Bonchev–Trinajstić information content (AvgIpc) is 3.40. The van der Waals surface area contributed by atoms with Crippen LogP contribution in [-0.4, -0.2) is 105 Å². The van der Waals surface area contributed by atoms with Crippen molar-refractivity contribution < 1.29 is 43.3 Å². The second-order valence-corrected chi connectivity index (χ2v) is 10.7. The summed E-state index contributed by atoms with van der Waals surface area (Å²) in [5.74, 6) is -1.17. The van der Waals surface area contributed by atoms with E-state index in [1.807, 2.05) is 30.3 Å². The van der Waals surface area contributed by atoms with Crippen molar-refractivity contribution in [1.82, 2.24) is 20.1 Å². The Bertz CT molecular complexity index is 1210. The van der Waals surface area contributed by atoms with Crippen molar-refractivity contribution in [2.45, 2.75) is 18.6 Å². The summed E-state index contributed by atoms with van der Waals surface area (Å²) in [6.07, 6.45) is -1.56. The van der Waals surface area contributed by atoms with Gasteiger partial charge in [0.1, 0.15) is 23.6 Å². The molecule has 2 aliphatic rings. The third-order valence-electron chi connectivity index (χ3n) is 6.18. The Morgan fingerprint density at radius 2 is 1.79 bits per heavy atom. The minimum Gasteiger partial charge on any atom is -0.488 e. The van der Waals surface area contributed by atoms with E-state index in [2.05, 4.69) is 10.3 Å². The molecule has 3 amide bonds. The number of amides is 3. The molecule has 1 unspecified atom stereocenters. The largest absolute Gasteiger partial charge is 0.488 e. The number of carbonyl (C=O) groups is 3. The molecular weight excluding hydrogens is 519 g/mol. The molecule has 1 aromatic carbocycles. The van der Waals surface area contributed by atoms with Gasteiger partial charge in [-0.25, -0.2) is 9.78 Å². The number of rotatable bonds is 8. The first-order chi connectivity index (χ1) is 18.1. The van der Waals surface area contributed by atoms with E-state index in [0.717, 1.165) is 4.90 Å².